The fourth-order valence-electron chi connectivity index (χ4n) is 0.592. The predicted octanol–water partition coefficient (Wildman–Crippen LogP) is 0.611. The number of anilines is 2. The van der Waals surface area contributed by atoms with E-state index in [2.05, 4.69) is 0 Å². The summed E-state index contributed by atoms with van der Waals surface area (Å²) in [5, 5.41) is 8.88. The molecule has 0 unspecified atom stereocenters. The molecular formula is C5H6N2O2S. The van der Waals surface area contributed by atoms with Crippen LogP contribution in [0.15, 0.2) is 6.07 Å². The van der Waals surface area contributed by atoms with Gasteiger partial charge in [-0.15, -0.1) is 11.3 Å². The molecule has 0 spiro atoms. The van der Waals surface area contributed by atoms with E-state index in [1.807, 2.05) is 0 Å². The normalized spacial score (nSPS) is 9.60. The number of thiophene rings is 1. The smallest absolute Gasteiger partial charge is 0.348 e. The Kier molecular flexibility index (Phi) is 1.50. The van der Waals surface area contributed by atoms with Crippen LogP contribution in [0.3, 0.4) is 0 Å². The van der Waals surface area contributed by atoms with Crippen LogP contribution in [0.25, 0.3) is 0 Å². The first kappa shape index (κ1) is 6.88. The summed E-state index contributed by atoms with van der Waals surface area (Å²) in [4.78, 5) is 10.4. The second-order valence-electron chi connectivity index (χ2n) is 1.74. The van der Waals surface area contributed by atoms with Crippen molar-refractivity contribution < 1.29 is 9.90 Å². The molecule has 1 rings (SSSR count). The van der Waals surface area contributed by atoms with Crippen molar-refractivity contribution in [3.63, 3.8) is 0 Å². The van der Waals surface area contributed by atoms with Gasteiger partial charge in [-0.2, -0.15) is 0 Å². The van der Waals surface area contributed by atoms with Gasteiger partial charge in [0.15, 0.2) is 0 Å². The molecule has 5 heteroatoms. The van der Waals surface area contributed by atoms with Crippen LogP contribution >= 0.6 is 11.3 Å². The summed E-state index contributed by atoms with van der Waals surface area (Å²) >= 11 is 0.976. The number of carbonyl (C=O) groups is 1. The van der Waals surface area contributed by atoms with Gasteiger partial charge in [-0.3, -0.25) is 0 Å². The first-order chi connectivity index (χ1) is 4.61. The Morgan fingerprint density at radius 1 is 1.60 bits per heavy atom. The highest BCUT2D eigenvalue weighted by Crippen LogP contribution is 2.25. The van der Waals surface area contributed by atoms with Crippen molar-refractivity contribution in [3.8, 4) is 0 Å². The van der Waals surface area contributed by atoms with Gasteiger partial charge in [0.25, 0.3) is 0 Å². The summed E-state index contributed by atoms with van der Waals surface area (Å²) in [5.74, 6) is -1.03. The maximum atomic E-state index is 10.3. The number of nitrogen functional groups attached to an aromatic ring is 2. The van der Waals surface area contributed by atoms with E-state index < -0.39 is 5.97 Å². The number of hydrogen-bond donors (Lipinski definition) is 3. The monoisotopic (exact) mass is 158 g/mol. The SMILES string of the molecule is Nc1cc(N)c(C(=O)O)s1. The lowest BCUT2D eigenvalue weighted by molar-refractivity contribution is 0.0703. The number of aromatic carboxylic acids is 1. The summed E-state index contributed by atoms with van der Waals surface area (Å²) in [7, 11) is 0. The Hall–Kier alpha value is -1.23. The zero-order valence-electron chi connectivity index (χ0n) is 5.00. The van der Waals surface area contributed by atoms with Crippen LogP contribution in [0.2, 0.25) is 0 Å². The molecule has 0 saturated carbocycles. The lowest BCUT2D eigenvalue weighted by Gasteiger charge is -1.86. The highest BCUT2D eigenvalue weighted by Gasteiger charge is 2.10. The summed E-state index contributed by atoms with van der Waals surface area (Å²) < 4.78 is 0. The molecule has 5 N–H and O–H groups in total. The van der Waals surface area contributed by atoms with Crippen LogP contribution in [0.4, 0.5) is 10.7 Å². The summed E-state index contributed by atoms with van der Waals surface area (Å²) in [6.07, 6.45) is 0. The molecule has 0 aliphatic heterocycles. The van der Waals surface area contributed by atoms with E-state index in [9.17, 15) is 4.79 Å². The van der Waals surface area contributed by atoms with E-state index in [0.717, 1.165) is 11.3 Å². The Bertz CT molecular complexity index is 269. The fourth-order valence-corrected chi connectivity index (χ4v) is 1.28. The predicted molar refractivity (Wildman–Crippen MR) is 40.1 cm³/mol. The molecule has 0 bridgehead atoms. The Morgan fingerprint density at radius 3 is 2.40 bits per heavy atom. The zero-order chi connectivity index (χ0) is 7.72. The standard InChI is InChI=1S/C5H6N2O2S/c6-2-1-3(7)10-4(2)5(8)9/h1H,6-7H2,(H,8,9). The number of hydrogen-bond acceptors (Lipinski definition) is 4. The van der Waals surface area contributed by atoms with Crippen molar-refractivity contribution in [3.05, 3.63) is 10.9 Å². The molecule has 0 aliphatic carbocycles. The third-order valence-corrected chi connectivity index (χ3v) is 1.94. The average Bonchev–Trinajstić information content (AvgIpc) is 2.10. The summed E-state index contributed by atoms with van der Waals surface area (Å²) in [5.41, 5.74) is 10.8. The van der Waals surface area contributed by atoms with Crippen LogP contribution in [0, 0.1) is 0 Å². The summed E-state index contributed by atoms with van der Waals surface area (Å²) in [6, 6.07) is 1.44. The molecule has 4 nitrogen and oxygen atoms in total. The minimum absolute atomic E-state index is 0.109. The molecule has 0 aliphatic rings. The molecule has 0 atom stereocenters. The molecule has 1 aromatic heterocycles. The Morgan fingerprint density at radius 2 is 2.20 bits per heavy atom. The van der Waals surface area contributed by atoms with E-state index in [-0.39, 0.29) is 10.6 Å². The minimum atomic E-state index is -1.03. The Labute approximate surface area is 61.1 Å². The van der Waals surface area contributed by atoms with E-state index in [0.29, 0.717) is 5.00 Å². The minimum Gasteiger partial charge on any atom is -0.477 e. The molecule has 0 amide bonds. The maximum Gasteiger partial charge on any atom is 0.348 e. The van der Waals surface area contributed by atoms with E-state index in [1.54, 1.807) is 0 Å². The fraction of sp³-hybridized carbons (Fsp3) is 0. The molecular weight excluding hydrogens is 152 g/mol. The number of carboxylic acids is 1. The highest BCUT2D eigenvalue weighted by atomic mass is 32.1. The van der Waals surface area contributed by atoms with Crippen LogP contribution in [0.1, 0.15) is 9.67 Å². The van der Waals surface area contributed by atoms with E-state index in [1.165, 1.54) is 6.07 Å². The largest absolute Gasteiger partial charge is 0.477 e. The summed E-state index contributed by atoms with van der Waals surface area (Å²) in [6.45, 7) is 0. The van der Waals surface area contributed by atoms with Crippen molar-refractivity contribution in [2.75, 3.05) is 11.5 Å². The maximum absolute atomic E-state index is 10.3. The number of nitrogens with two attached hydrogens (primary N) is 2. The van der Waals surface area contributed by atoms with Gasteiger partial charge < -0.3 is 16.6 Å². The van der Waals surface area contributed by atoms with E-state index in [4.69, 9.17) is 16.6 Å². The topological polar surface area (TPSA) is 89.3 Å². The van der Waals surface area contributed by atoms with Gasteiger partial charge in [-0.25, -0.2) is 4.79 Å². The van der Waals surface area contributed by atoms with Crippen molar-refractivity contribution in [2.24, 2.45) is 0 Å². The molecule has 1 heterocycles. The van der Waals surface area contributed by atoms with Crippen molar-refractivity contribution >= 4 is 28.0 Å². The average molecular weight is 158 g/mol. The molecule has 0 fully saturated rings. The van der Waals surface area contributed by atoms with E-state index >= 15 is 0 Å². The molecule has 0 aromatic carbocycles. The van der Waals surface area contributed by atoms with Crippen molar-refractivity contribution in [2.45, 2.75) is 0 Å². The van der Waals surface area contributed by atoms with Gasteiger partial charge >= 0.3 is 5.97 Å². The van der Waals surface area contributed by atoms with Crippen LogP contribution in [-0.4, -0.2) is 11.1 Å². The zero-order valence-corrected chi connectivity index (χ0v) is 5.81. The van der Waals surface area contributed by atoms with Gasteiger partial charge in [-0.1, -0.05) is 0 Å². The van der Waals surface area contributed by atoms with Crippen molar-refractivity contribution in [1.82, 2.24) is 0 Å². The van der Waals surface area contributed by atoms with Gasteiger partial charge in [0.2, 0.25) is 0 Å². The first-order valence-corrected chi connectivity index (χ1v) is 3.31. The lowest BCUT2D eigenvalue weighted by atomic mass is 10.4. The van der Waals surface area contributed by atoms with Crippen LogP contribution < -0.4 is 11.5 Å². The van der Waals surface area contributed by atoms with Gasteiger partial charge in [0, 0.05) is 0 Å². The number of carboxylic acid groups (broad SMARTS) is 1. The van der Waals surface area contributed by atoms with Crippen molar-refractivity contribution in [1.29, 1.82) is 0 Å². The van der Waals surface area contributed by atoms with Gasteiger partial charge in [0.05, 0.1) is 10.7 Å². The quantitative estimate of drug-likeness (QED) is 0.558. The van der Waals surface area contributed by atoms with Crippen LogP contribution in [0.5, 0.6) is 0 Å². The third-order valence-electron chi connectivity index (χ3n) is 0.974. The third kappa shape index (κ3) is 1.03. The van der Waals surface area contributed by atoms with Gasteiger partial charge in [0.1, 0.15) is 4.88 Å². The Balaban J connectivity index is 3.15. The first-order valence-electron chi connectivity index (χ1n) is 2.49. The number of rotatable bonds is 1. The molecule has 54 valence electrons. The van der Waals surface area contributed by atoms with Crippen LogP contribution in [-0.2, 0) is 0 Å². The lowest BCUT2D eigenvalue weighted by Crippen LogP contribution is -1.96. The molecule has 0 radical (unpaired) electrons. The molecule has 1 aromatic rings. The molecule has 10 heavy (non-hydrogen) atoms. The van der Waals surface area contributed by atoms with Gasteiger partial charge in [-0.05, 0) is 6.07 Å². The molecule has 0 saturated heterocycles. The highest BCUT2D eigenvalue weighted by molar-refractivity contribution is 7.18. The second kappa shape index (κ2) is 2.18. The second-order valence-corrected chi connectivity index (χ2v) is 2.82.